The summed E-state index contributed by atoms with van der Waals surface area (Å²) in [5.74, 6) is 0.524. The first-order valence-corrected chi connectivity index (χ1v) is 7.82. The lowest BCUT2D eigenvalue weighted by atomic mass is 10.0. The van der Waals surface area contributed by atoms with Crippen molar-refractivity contribution in [3.05, 3.63) is 12.3 Å². The highest BCUT2D eigenvalue weighted by Crippen LogP contribution is 2.28. The van der Waals surface area contributed by atoms with E-state index < -0.39 is 5.60 Å². The first-order chi connectivity index (χ1) is 10.8. The minimum atomic E-state index is -0.499. The SMILES string of the molecule is COc1cc(N2CCCC(NC(=O)OC(C)(C)C)C2)c(N)cn1. The van der Waals surface area contributed by atoms with Gasteiger partial charge in [0.1, 0.15) is 5.60 Å². The summed E-state index contributed by atoms with van der Waals surface area (Å²) in [6.07, 6.45) is 3.09. The van der Waals surface area contributed by atoms with Crippen LogP contribution in [-0.4, -0.2) is 42.9 Å². The van der Waals surface area contributed by atoms with Crippen LogP contribution in [0.15, 0.2) is 12.3 Å². The predicted octanol–water partition coefficient (Wildman–Crippen LogP) is 2.17. The van der Waals surface area contributed by atoms with Gasteiger partial charge in [-0.25, -0.2) is 9.78 Å². The maximum Gasteiger partial charge on any atom is 0.407 e. The number of piperidine rings is 1. The first-order valence-electron chi connectivity index (χ1n) is 7.82. The summed E-state index contributed by atoms with van der Waals surface area (Å²) in [6.45, 7) is 7.11. The Balaban J connectivity index is 2.02. The van der Waals surface area contributed by atoms with Crippen molar-refractivity contribution >= 4 is 17.5 Å². The Labute approximate surface area is 137 Å². The predicted molar refractivity (Wildman–Crippen MR) is 89.8 cm³/mol. The van der Waals surface area contributed by atoms with Crippen LogP contribution in [0, 0.1) is 0 Å². The molecule has 0 radical (unpaired) electrons. The number of nitrogens with zero attached hydrogens (tertiary/aromatic N) is 2. The Hall–Kier alpha value is -2.18. The number of hydrogen-bond acceptors (Lipinski definition) is 6. The van der Waals surface area contributed by atoms with E-state index in [2.05, 4.69) is 15.2 Å². The van der Waals surface area contributed by atoms with E-state index in [1.54, 1.807) is 13.3 Å². The number of alkyl carbamates (subject to hydrolysis) is 1. The molecular formula is C16H26N4O3. The van der Waals surface area contributed by atoms with Crippen LogP contribution in [0.2, 0.25) is 0 Å². The van der Waals surface area contributed by atoms with Crippen molar-refractivity contribution in [1.82, 2.24) is 10.3 Å². The smallest absolute Gasteiger partial charge is 0.407 e. The summed E-state index contributed by atoms with van der Waals surface area (Å²) in [7, 11) is 1.57. The largest absolute Gasteiger partial charge is 0.481 e. The summed E-state index contributed by atoms with van der Waals surface area (Å²) in [4.78, 5) is 18.2. The van der Waals surface area contributed by atoms with E-state index in [-0.39, 0.29) is 12.1 Å². The van der Waals surface area contributed by atoms with Gasteiger partial charge in [-0.2, -0.15) is 0 Å². The number of carbonyl (C=O) groups excluding carboxylic acids is 1. The molecule has 0 bridgehead atoms. The number of methoxy groups -OCH3 is 1. The van der Waals surface area contributed by atoms with E-state index in [0.29, 0.717) is 18.1 Å². The fourth-order valence-corrected chi connectivity index (χ4v) is 2.61. The van der Waals surface area contributed by atoms with E-state index in [9.17, 15) is 4.79 Å². The lowest BCUT2D eigenvalue weighted by Gasteiger charge is -2.35. The molecule has 1 aliphatic heterocycles. The van der Waals surface area contributed by atoms with Crippen molar-refractivity contribution < 1.29 is 14.3 Å². The summed E-state index contributed by atoms with van der Waals surface area (Å²) in [5, 5.41) is 2.93. The topological polar surface area (TPSA) is 89.7 Å². The van der Waals surface area contributed by atoms with Crippen LogP contribution in [0.1, 0.15) is 33.6 Å². The number of pyridine rings is 1. The summed E-state index contributed by atoms with van der Waals surface area (Å²) in [5.41, 5.74) is 7.02. The lowest BCUT2D eigenvalue weighted by Crippen LogP contribution is -2.49. The molecule has 1 saturated heterocycles. The van der Waals surface area contributed by atoms with Gasteiger partial charge in [0.15, 0.2) is 0 Å². The monoisotopic (exact) mass is 322 g/mol. The minimum absolute atomic E-state index is 0.0251. The molecule has 128 valence electrons. The van der Waals surface area contributed by atoms with Gasteiger partial charge in [-0.3, -0.25) is 0 Å². The van der Waals surface area contributed by atoms with Crippen LogP contribution >= 0.6 is 0 Å². The van der Waals surface area contributed by atoms with Crippen LogP contribution in [-0.2, 0) is 4.74 Å². The van der Waals surface area contributed by atoms with Crippen LogP contribution in [0.5, 0.6) is 5.88 Å². The van der Waals surface area contributed by atoms with Gasteiger partial charge in [0.05, 0.1) is 24.7 Å². The van der Waals surface area contributed by atoms with Crippen LogP contribution in [0.25, 0.3) is 0 Å². The van der Waals surface area contributed by atoms with Crippen molar-refractivity contribution in [3.8, 4) is 5.88 Å². The molecule has 23 heavy (non-hydrogen) atoms. The van der Waals surface area contributed by atoms with Crippen LogP contribution in [0.4, 0.5) is 16.2 Å². The second-order valence-electron chi connectivity index (χ2n) is 6.72. The van der Waals surface area contributed by atoms with E-state index in [1.807, 2.05) is 26.8 Å². The van der Waals surface area contributed by atoms with E-state index >= 15 is 0 Å². The fourth-order valence-electron chi connectivity index (χ4n) is 2.61. The maximum atomic E-state index is 11.9. The van der Waals surface area contributed by atoms with E-state index in [4.69, 9.17) is 15.2 Å². The highest BCUT2D eigenvalue weighted by Gasteiger charge is 2.25. The van der Waals surface area contributed by atoms with Gasteiger partial charge in [-0.1, -0.05) is 0 Å². The maximum absolute atomic E-state index is 11.9. The van der Waals surface area contributed by atoms with Crippen molar-refractivity contribution in [1.29, 1.82) is 0 Å². The molecule has 2 heterocycles. The standard InChI is InChI=1S/C16H26N4O3/c1-16(2,3)23-15(21)19-11-6-5-7-20(10-11)13-8-14(22-4)18-9-12(13)17/h8-9,11H,5-7,10,17H2,1-4H3,(H,19,21). The molecule has 7 nitrogen and oxygen atoms in total. The van der Waals surface area contributed by atoms with Crippen molar-refractivity contribution in [2.24, 2.45) is 0 Å². The molecule has 1 aromatic heterocycles. The van der Waals surface area contributed by atoms with Crippen LogP contribution in [0.3, 0.4) is 0 Å². The number of hydrogen-bond donors (Lipinski definition) is 2. The number of nitrogens with one attached hydrogen (secondary N) is 1. The summed E-state index contributed by atoms with van der Waals surface area (Å²) >= 11 is 0. The molecule has 1 fully saturated rings. The van der Waals surface area contributed by atoms with Crippen molar-refractivity contribution in [2.75, 3.05) is 30.8 Å². The Morgan fingerprint density at radius 2 is 2.22 bits per heavy atom. The zero-order valence-corrected chi connectivity index (χ0v) is 14.3. The number of anilines is 2. The number of amides is 1. The van der Waals surface area contributed by atoms with Gasteiger partial charge in [0.2, 0.25) is 5.88 Å². The zero-order chi connectivity index (χ0) is 17.0. The first kappa shape index (κ1) is 17.2. The minimum Gasteiger partial charge on any atom is -0.481 e. The zero-order valence-electron chi connectivity index (χ0n) is 14.3. The molecule has 0 aromatic carbocycles. The highest BCUT2D eigenvalue weighted by atomic mass is 16.6. The normalized spacial score (nSPS) is 18.4. The van der Waals surface area contributed by atoms with E-state index in [0.717, 1.165) is 25.1 Å². The number of carbonyl (C=O) groups is 1. The summed E-state index contributed by atoms with van der Waals surface area (Å²) in [6, 6.07) is 1.85. The third-order valence-electron chi connectivity index (χ3n) is 3.58. The molecule has 1 amide bonds. The summed E-state index contributed by atoms with van der Waals surface area (Å²) < 4.78 is 10.5. The molecule has 1 aliphatic rings. The molecule has 0 spiro atoms. The van der Waals surface area contributed by atoms with Gasteiger partial charge >= 0.3 is 6.09 Å². The quantitative estimate of drug-likeness (QED) is 0.886. The highest BCUT2D eigenvalue weighted by molar-refractivity contribution is 5.70. The molecule has 0 saturated carbocycles. The number of nitrogens with two attached hydrogens (primary N) is 1. The number of nitrogen functional groups attached to an aromatic ring is 1. The second kappa shape index (κ2) is 6.93. The van der Waals surface area contributed by atoms with Gasteiger partial charge in [0.25, 0.3) is 0 Å². The second-order valence-corrected chi connectivity index (χ2v) is 6.72. The lowest BCUT2D eigenvalue weighted by molar-refractivity contribution is 0.0500. The third-order valence-corrected chi connectivity index (χ3v) is 3.58. The molecule has 1 atom stereocenters. The van der Waals surface area contributed by atoms with Crippen molar-refractivity contribution in [3.63, 3.8) is 0 Å². The Morgan fingerprint density at radius 1 is 1.48 bits per heavy atom. The Bertz CT molecular complexity index is 557. The van der Waals surface area contributed by atoms with Gasteiger partial charge < -0.3 is 25.4 Å². The van der Waals surface area contributed by atoms with Gasteiger partial charge in [0, 0.05) is 25.2 Å². The van der Waals surface area contributed by atoms with Gasteiger partial charge in [-0.15, -0.1) is 0 Å². The average Bonchev–Trinajstić information content (AvgIpc) is 2.46. The molecular weight excluding hydrogens is 296 g/mol. The van der Waals surface area contributed by atoms with E-state index in [1.165, 1.54) is 0 Å². The number of rotatable bonds is 3. The number of ether oxygens (including phenoxy) is 2. The molecule has 1 aromatic rings. The van der Waals surface area contributed by atoms with Crippen LogP contribution < -0.4 is 20.7 Å². The average molecular weight is 322 g/mol. The van der Waals surface area contributed by atoms with Crippen molar-refractivity contribution in [2.45, 2.75) is 45.3 Å². The number of aromatic nitrogens is 1. The molecule has 3 N–H and O–H groups in total. The van der Waals surface area contributed by atoms with Gasteiger partial charge in [-0.05, 0) is 33.6 Å². The molecule has 7 heteroatoms. The Morgan fingerprint density at radius 3 is 2.87 bits per heavy atom. The Kier molecular flexibility index (Phi) is 5.18. The molecule has 2 rings (SSSR count). The molecule has 0 aliphatic carbocycles. The fraction of sp³-hybridized carbons (Fsp3) is 0.625. The molecule has 1 unspecified atom stereocenters. The third kappa shape index (κ3) is 4.91.